The van der Waals surface area contributed by atoms with Gasteiger partial charge in [0, 0.05) is 5.56 Å². The van der Waals surface area contributed by atoms with Crippen molar-refractivity contribution < 1.29 is 19.2 Å². The summed E-state index contributed by atoms with van der Waals surface area (Å²) in [4.78, 5) is 23.4. The summed E-state index contributed by atoms with van der Waals surface area (Å²) in [7, 11) is 0. The number of aryl methyl sites for hydroxylation is 2. The molecule has 0 radical (unpaired) electrons. The summed E-state index contributed by atoms with van der Waals surface area (Å²) in [6.07, 6.45) is 0.0395. The highest BCUT2D eigenvalue weighted by atomic mass is 16.5. The third-order valence-electron chi connectivity index (χ3n) is 3.20. The van der Waals surface area contributed by atoms with Crippen LogP contribution < -0.4 is 5.32 Å². The maximum atomic E-state index is 12.1. The number of nitrogens with zero attached hydrogens (tertiary/aromatic N) is 1. The summed E-state index contributed by atoms with van der Waals surface area (Å²) in [6, 6.07) is 7.49. The van der Waals surface area contributed by atoms with Crippen molar-refractivity contribution >= 4 is 11.9 Å². The van der Waals surface area contributed by atoms with Gasteiger partial charge < -0.3 is 14.9 Å². The van der Waals surface area contributed by atoms with Crippen LogP contribution in [0.1, 0.15) is 28.6 Å². The maximum Gasteiger partial charge on any atom is 0.330 e. The molecular formula is C15H16N2O4. The van der Waals surface area contributed by atoms with E-state index in [-0.39, 0.29) is 12.3 Å². The zero-order valence-corrected chi connectivity index (χ0v) is 11.8. The Balaban J connectivity index is 2.11. The zero-order valence-electron chi connectivity index (χ0n) is 11.8. The first-order chi connectivity index (χ1) is 9.99. The van der Waals surface area contributed by atoms with Gasteiger partial charge in [-0.1, -0.05) is 35.5 Å². The quantitative estimate of drug-likeness (QED) is 0.874. The van der Waals surface area contributed by atoms with E-state index in [1.807, 2.05) is 0 Å². The Morgan fingerprint density at radius 2 is 1.95 bits per heavy atom. The van der Waals surface area contributed by atoms with E-state index < -0.39 is 12.0 Å². The molecule has 2 N–H and O–H groups in total. The van der Waals surface area contributed by atoms with Crippen molar-refractivity contribution in [3.63, 3.8) is 0 Å². The lowest BCUT2D eigenvalue weighted by Crippen LogP contribution is -2.34. The van der Waals surface area contributed by atoms with Crippen LogP contribution >= 0.6 is 0 Å². The standard InChI is InChI=1S/C15H16N2O4/c1-9-12(10(2)21-17-9)8-13(18)16-14(15(19)20)11-6-4-3-5-7-11/h3-7,14H,8H2,1-2H3,(H,16,18)(H,19,20). The van der Waals surface area contributed by atoms with Gasteiger partial charge in [0.05, 0.1) is 12.1 Å². The van der Waals surface area contributed by atoms with Crippen LogP contribution in [-0.4, -0.2) is 22.1 Å². The molecule has 6 nitrogen and oxygen atoms in total. The number of carboxylic acids is 1. The third kappa shape index (κ3) is 3.47. The number of carbonyl (C=O) groups excluding carboxylic acids is 1. The number of aromatic nitrogens is 1. The van der Waals surface area contributed by atoms with Crippen LogP contribution in [0.4, 0.5) is 0 Å². The van der Waals surface area contributed by atoms with Gasteiger partial charge in [0.15, 0.2) is 6.04 Å². The van der Waals surface area contributed by atoms with Crippen molar-refractivity contribution in [1.29, 1.82) is 0 Å². The highest BCUT2D eigenvalue weighted by Crippen LogP contribution is 2.15. The van der Waals surface area contributed by atoms with Crippen LogP contribution in [0, 0.1) is 13.8 Å². The van der Waals surface area contributed by atoms with E-state index in [0.29, 0.717) is 22.6 Å². The molecule has 0 aliphatic rings. The van der Waals surface area contributed by atoms with E-state index in [1.165, 1.54) is 0 Å². The number of nitrogens with one attached hydrogen (secondary N) is 1. The van der Waals surface area contributed by atoms with Crippen molar-refractivity contribution in [2.24, 2.45) is 0 Å². The number of hydrogen-bond donors (Lipinski definition) is 2. The molecule has 1 atom stereocenters. The van der Waals surface area contributed by atoms with Crippen molar-refractivity contribution in [2.45, 2.75) is 26.3 Å². The molecule has 0 spiro atoms. The maximum absolute atomic E-state index is 12.1. The minimum Gasteiger partial charge on any atom is -0.479 e. The number of aliphatic carboxylic acids is 1. The minimum absolute atomic E-state index is 0.0395. The largest absolute Gasteiger partial charge is 0.479 e. The van der Waals surface area contributed by atoms with E-state index in [9.17, 15) is 14.7 Å². The molecule has 0 aliphatic heterocycles. The van der Waals surface area contributed by atoms with Gasteiger partial charge in [-0.3, -0.25) is 4.79 Å². The number of benzene rings is 1. The highest BCUT2D eigenvalue weighted by Gasteiger charge is 2.23. The average molecular weight is 288 g/mol. The fraction of sp³-hybridized carbons (Fsp3) is 0.267. The molecule has 1 aromatic heterocycles. The van der Waals surface area contributed by atoms with Crippen molar-refractivity contribution in [3.8, 4) is 0 Å². The first kappa shape index (κ1) is 14.8. The van der Waals surface area contributed by atoms with Crippen molar-refractivity contribution in [3.05, 3.63) is 52.9 Å². The van der Waals surface area contributed by atoms with Crippen LogP contribution in [0.25, 0.3) is 0 Å². The van der Waals surface area contributed by atoms with Gasteiger partial charge in [-0.2, -0.15) is 0 Å². The van der Waals surface area contributed by atoms with Gasteiger partial charge in [0.25, 0.3) is 0 Å². The van der Waals surface area contributed by atoms with Crippen LogP contribution in [0.5, 0.6) is 0 Å². The molecule has 6 heteroatoms. The molecule has 110 valence electrons. The number of amides is 1. The average Bonchev–Trinajstić information content (AvgIpc) is 2.77. The fourth-order valence-corrected chi connectivity index (χ4v) is 2.06. The molecule has 1 aromatic carbocycles. The Hall–Kier alpha value is -2.63. The lowest BCUT2D eigenvalue weighted by Gasteiger charge is -2.14. The van der Waals surface area contributed by atoms with Gasteiger partial charge in [-0.15, -0.1) is 0 Å². The molecule has 1 unspecified atom stereocenters. The fourth-order valence-electron chi connectivity index (χ4n) is 2.06. The Morgan fingerprint density at radius 1 is 1.29 bits per heavy atom. The smallest absolute Gasteiger partial charge is 0.330 e. The second-order valence-electron chi connectivity index (χ2n) is 4.73. The third-order valence-corrected chi connectivity index (χ3v) is 3.20. The Kier molecular flexibility index (Phi) is 4.37. The minimum atomic E-state index is -1.10. The van der Waals surface area contributed by atoms with E-state index in [2.05, 4.69) is 10.5 Å². The van der Waals surface area contributed by atoms with E-state index in [4.69, 9.17) is 4.52 Å². The molecule has 21 heavy (non-hydrogen) atoms. The lowest BCUT2D eigenvalue weighted by molar-refractivity contribution is -0.141. The SMILES string of the molecule is Cc1noc(C)c1CC(=O)NC(C(=O)O)c1ccccc1. The predicted octanol–water partition coefficient (Wildman–Crippen LogP) is 1.78. The summed E-state index contributed by atoms with van der Waals surface area (Å²) in [5.74, 6) is -0.928. The number of rotatable bonds is 5. The Morgan fingerprint density at radius 3 is 2.48 bits per heavy atom. The Bertz CT molecular complexity index is 629. The second kappa shape index (κ2) is 6.21. The normalized spacial score (nSPS) is 11.9. The van der Waals surface area contributed by atoms with Gasteiger partial charge in [0.2, 0.25) is 5.91 Å². The zero-order chi connectivity index (χ0) is 15.4. The van der Waals surface area contributed by atoms with Crippen LogP contribution in [0.15, 0.2) is 34.9 Å². The molecule has 1 amide bonds. The lowest BCUT2D eigenvalue weighted by atomic mass is 10.1. The van der Waals surface area contributed by atoms with E-state index >= 15 is 0 Å². The van der Waals surface area contributed by atoms with E-state index in [0.717, 1.165) is 0 Å². The van der Waals surface area contributed by atoms with E-state index in [1.54, 1.807) is 44.2 Å². The second-order valence-corrected chi connectivity index (χ2v) is 4.73. The topological polar surface area (TPSA) is 92.4 Å². The van der Waals surface area contributed by atoms with Crippen LogP contribution in [0.2, 0.25) is 0 Å². The molecule has 0 bridgehead atoms. The molecule has 0 fully saturated rings. The van der Waals surface area contributed by atoms with Crippen LogP contribution in [-0.2, 0) is 16.0 Å². The first-order valence-electron chi connectivity index (χ1n) is 6.48. The molecular weight excluding hydrogens is 272 g/mol. The number of carbonyl (C=O) groups is 2. The summed E-state index contributed by atoms with van der Waals surface area (Å²) >= 11 is 0. The molecule has 2 rings (SSSR count). The van der Waals surface area contributed by atoms with Crippen molar-refractivity contribution in [2.75, 3.05) is 0 Å². The molecule has 0 aliphatic carbocycles. The number of hydrogen-bond acceptors (Lipinski definition) is 4. The molecule has 0 saturated carbocycles. The van der Waals surface area contributed by atoms with Gasteiger partial charge in [-0.05, 0) is 19.4 Å². The molecule has 1 heterocycles. The predicted molar refractivity (Wildman–Crippen MR) is 74.6 cm³/mol. The molecule has 0 saturated heterocycles. The number of carboxylic acid groups (broad SMARTS) is 1. The van der Waals surface area contributed by atoms with Gasteiger partial charge in [0.1, 0.15) is 5.76 Å². The van der Waals surface area contributed by atoms with Crippen molar-refractivity contribution in [1.82, 2.24) is 10.5 Å². The summed E-state index contributed by atoms with van der Waals surface area (Å²) in [5, 5.41) is 15.6. The monoisotopic (exact) mass is 288 g/mol. The summed E-state index contributed by atoms with van der Waals surface area (Å²) in [6.45, 7) is 3.46. The first-order valence-corrected chi connectivity index (χ1v) is 6.48. The summed E-state index contributed by atoms with van der Waals surface area (Å²) < 4.78 is 4.99. The van der Waals surface area contributed by atoms with Gasteiger partial charge >= 0.3 is 5.97 Å². The Labute approximate surface area is 121 Å². The van der Waals surface area contributed by atoms with Gasteiger partial charge in [-0.25, -0.2) is 4.79 Å². The highest BCUT2D eigenvalue weighted by molar-refractivity contribution is 5.85. The molecule has 2 aromatic rings. The summed E-state index contributed by atoms with van der Waals surface area (Å²) in [5.41, 5.74) is 1.84. The van der Waals surface area contributed by atoms with Crippen LogP contribution in [0.3, 0.4) is 0 Å².